The molecule has 0 atom stereocenters. The minimum atomic E-state index is -3.61. The van der Waals surface area contributed by atoms with Crippen LogP contribution in [0.3, 0.4) is 0 Å². The van der Waals surface area contributed by atoms with E-state index < -0.39 is 15.9 Å². The average molecular weight is 427 g/mol. The van der Waals surface area contributed by atoms with Crippen LogP contribution in [0.5, 0.6) is 5.75 Å². The molecule has 2 aromatic carbocycles. The number of methoxy groups -OCH3 is 1. The zero-order chi connectivity index (χ0) is 18.4. The lowest BCUT2D eigenvalue weighted by Gasteiger charge is -2.23. The number of ether oxygens (including phenoxy) is 1. The Morgan fingerprint density at radius 1 is 1.20 bits per heavy atom. The number of sulfonamides is 1. The lowest BCUT2D eigenvalue weighted by Crippen LogP contribution is -2.39. The molecule has 0 fully saturated rings. The monoisotopic (exact) mass is 426 g/mol. The molecule has 0 spiro atoms. The van der Waals surface area contributed by atoms with Crippen LogP contribution in [0.25, 0.3) is 0 Å². The number of carbonyl (C=O) groups is 1. The highest BCUT2D eigenvalue weighted by molar-refractivity contribution is 9.10. The van der Waals surface area contributed by atoms with E-state index in [1.807, 2.05) is 6.07 Å². The van der Waals surface area contributed by atoms with Gasteiger partial charge in [-0.05, 0) is 49.4 Å². The van der Waals surface area contributed by atoms with Crippen molar-refractivity contribution in [2.45, 2.75) is 6.92 Å². The molecular weight excluding hydrogens is 408 g/mol. The van der Waals surface area contributed by atoms with Crippen LogP contribution in [0.15, 0.2) is 53.0 Å². The lowest BCUT2D eigenvalue weighted by molar-refractivity contribution is -0.114. The van der Waals surface area contributed by atoms with Gasteiger partial charge in [-0.1, -0.05) is 22.0 Å². The molecule has 0 unspecified atom stereocenters. The summed E-state index contributed by atoms with van der Waals surface area (Å²) >= 11 is 3.33. The van der Waals surface area contributed by atoms with Gasteiger partial charge >= 0.3 is 0 Å². The second kappa shape index (κ2) is 8.35. The van der Waals surface area contributed by atoms with E-state index in [4.69, 9.17) is 4.74 Å². The van der Waals surface area contributed by atoms with E-state index in [0.717, 1.165) is 8.78 Å². The van der Waals surface area contributed by atoms with Crippen LogP contribution in [0.4, 0.5) is 11.4 Å². The molecule has 2 aromatic rings. The number of halogens is 1. The van der Waals surface area contributed by atoms with E-state index >= 15 is 0 Å². The standard InChI is InChI=1S/C17H19BrN2O4S/c1-3-25(22,23)20(15-7-9-16(24-2)10-8-15)12-17(21)19-14-6-4-5-13(18)11-14/h4-11H,3,12H2,1-2H3,(H,19,21). The number of amides is 1. The highest BCUT2D eigenvalue weighted by Crippen LogP contribution is 2.22. The van der Waals surface area contributed by atoms with E-state index in [2.05, 4.69) is 21.2 Å². The third-order valence-corrected chi connectivity index (χ3v) is 5.69. The van der Waals surface area contributed by atoms with Gasteiger partial charge in [-0.3, -0.25) is 9.10 Å². The highest BCUT2D eigenvalue weighted by Gasteiger charge is 2.23. The average Bonchev–Trinajstić information content (AvgIpc) is 2.60. The Morgan fingerprint density at radius 3 is 2.44 bits per heavy atom. The molecule has 0 saturated heterocycles. The quantitative estimate of drug-likeness (QED) is 0.736. The Kier molecular flexibility index (Phi) is 6.44. The Bertz CT molecular complexity index is 838. The second-order valence-corrected chi connectivity index (χ2v) is 8.26. The molecule has 0 heterocycles. The van der Waals surface area contributed by atoms with Gasteiger partial charge in [0.1, 0.15) is 12.3 Å². The van der Waals surface area contributed by atoms with E-state index in [0.29, 0.717) is 17.1 Å². The normalized spacial score (nSPS) is 11.0. The molecule has 0 saturated carbocycles. The maximum atomic E-state index is 12.4. The van der Waals surface area contributed by atoms with E-state index in [1.54, 1.807) is 42.5 Å². The number of benzene rings is 2. The van der Waals surface area contributed by atoms with Crippen molar-refractivity contribution in [2.75, 3.05) is 29.0 Å². The first-order chi connectivity index (χ1) is 11.9. The van der Waals surface area contributed by atoms with Gasteiger partial charge in [-0.2, -0.15) is 0 Å². The summed E-state index contributed by atoms with van der Waals surface area (Å²) in [6.07, 6.45) is 0. The summed E-state index contributed by atoms with van der Waals surface area (Å²) < 4.78 is 31.8. The van der Waals surface area contributed by atoms with Crippen molar-refractivity contribution in [3.8, 4) is 5.75 Å². The topological polar surface area (TPSA) is 75.7 Å². The summed E-state index contributed by atoms with van der Waals surface area (Å²) in [6, 6.07) is 13.6. The van der Waals surface area contributed by atoms with Gasteiger partial charge in [-0.15, -0.1) is 0 Å². The van der Waals surface area contributed by atoms with Crippen molar-refractivity contribution < 1.29 is 17.9 Å². The maximum Gasteiger partial charge on any atom is 0.245 e. The van der Waals surface area contributed by atoms with Gasteiger partial charge in [0.15, 0.2) is 0 Å². The van der Waals surface area contributed by atoms with Crippen LogP contribution in [0.1, 0.15) is 6.92 Å². The van der Waals surface area contributed by atoms with Gasteiger partial charge in [0, 0.05) is 10.2 Å². The Hall–Kier alpha value is -2.06. The number of nitrogens with one attached hydrogen (secondary N) is 1. The zero-order valence-electron chi connectivity index (χ0n) is 13.9. The van der Waals surface area contributed by atoms with Crippen molar-refractivity contribution in [1.29, 1.82) is 0 Å². The van der Waals surface area contributed by atoms with Gasteiger partial charge in [-0.25, -0.2) is 8.42 Å². The minimum absolute atomic E-state index is 0.108. The minimum Gasteiger partial charge on any atom is -0.497 e. The van der Waals surface area contributed by atoms with Gasteiger partial charge in [0.2, 0.25) is 15.9 Å². The van der Waals surface area contributed by atoms with Crippen LogP contribution in [0, 0.1) is 0 Å². The van der Waals surface area contributed by atoms with Crippen molar-refractivity contribution in [3.05, 3.63) is 53.0 Å². The molecule has 6 nitrogen and oxygen atoms in total. The largest absolute Gasteiger partial charge is 0.497 e. The van der Waals surface area contributed by atoms with E-state index in [1.165, 1.54) is 14.0 Å². The summed E-state index contributed by atoms with van der Waals surface area (Å²) in [5, 5.41) is 2.70. The molecule has 1 amide bonds. The summed E-state index contributed by atoms with van der Waals surface area (Å²) in [6.45, 7) is 1.23. The Morgan fingerprint density at radius 2 is 1.88 bits per heavy atom. The van der Waals surface area contributed by atoms with E-state index in [-0.39, 0.29) is 12.3 Å². The number of anilines is 2. The molecule has 1 N–H and O–H groups in total. The second-order valence-electron chi connectivity index (χ2n) is 5.16. The first kappa shape index (κ1) is 19.3. The molecule has 0 aliphatic heterocycles. The molecule has 0 aliphatic carbocycles. The predicted molar refractivity (Wildman–Crippen MR) is 103 cm³/mol. The molecule has 0 bridgehead atoms. The predicted octanol–water partition coefficient (Wildman–Crippen LogP) is 3.25. The first-order valence-electron chi connectivity index (χ1n) is 7.55. The molecule has 8 heteroatoms. The number of hydrogen-bond acceptors (Lipinski definition) is 4. The number of carbonyl (C=O) groups excluding carboxylic acids is 1. The van der Waals surface area contributed by atoms with Crippen LogP contribution in [0.2, 0.25) is 0 Å². The third-order valence-electron chi connectivity index (χ3n) is 3.46. The summed E-state index contributed by atoms with van der Waals surface area (Å²) in [5.41, 5.74) is 0.995. The Labute approximate surface area is 156 Å². The number of rotatable bonds is 7. The highest BCUT2D eigenvalue weighted by atomic mass is 79.9. The van der Waals surface area contributed by atoms with Crippen molar-refractivity contribution in [2.24, 2.45) is 0 Å². The van der Waals surface area contributed by atoms with Crippen molar-refractivity contribution >= 4 is 43.2 Å². The molecule has 25 heavy (non-hydrogen) atoms. The molecular formula is C17H19BrN2O4S. The number of nitrogens with zero attached hydrogens (tertiary/aromatic N) is 1. The van der Waals surface area contributed by atoms with Gasteiger partial charge in [0.25, 0.3) is 0 Å². The van der Waals surface area contributed by atoms with Crippen molar-refractivity contribution in [3.63, 3.8) is 0 Å². The first-order valence-corrected chi connectivity index (χ1v) is 9.96. The number of hydrogen-bond donors (Lipinski definition) is 1. The van der Waals surface area contributed by atoms with Crippen molar-refractivity contribution in [1.82, 2.24) is 0 Å². The van der Waals surface area contributed by atoms with Crippen LogP contribution in [-0.2, 0) is 14.8 Å². The molecule has 0 radical (unpaired) electrons. The van der Waals surface area contributed by atoms with Crippen LogP contribution >= 0.6 is 15.9 Å². The van der Waals surface area contributed by atoms with Crippen LogP contribution < -0.4 is 14.4 Å². The fourth-order valence-electron chi connectivity index (χ4n) is 2.15. The summed E-state index contributed by atoms with van der Waals surface area (Å²) in [7, 11) is -2.08. The lowest BCUT2D eigenvalue weighted by atomic mass is 10.3. The Balaban J connectivity index is 2.22. The maximum absolute atomic E-state index is 12.4. The summed E-state index contributed by atoms with van der Waals surface area (Å²) in [5.74, 6) is 0.0746. The molecule has 134 valence electrons. The molecule has 2 rings (SSSR count). The molecule has 0 aliphatic rings. The van der Waals surface area contributed by atoms with Gasteiger partial charge in [0.05, 0.1) is 18.6 Å². The molecule has 0 aromatic heterocycles. The smallest absolute Gasteiger partial charge is 0.245 e. The SMILES string of the molecule is CCS(=O)(=O)N(CC(=O)Nc1cccc(Br)c1)c1ccc(OC)cc1. The van der Waals surface area contributed by atoms with Crippen LogP contribution in [-0.4, -0.2) is 33.7 Å². The fourth-order valence-corrected chi connectivity index (χ4v) is 3.62. The zero-order valence-corrected chi connectivity index (χ0v) is 16.3. The summed E-state index contributed by atoms with van der Waals surface area (Å²) in [4.78, 5) is 12.3. The van der Waals surface area contributed by atoms with E-state index in [9.17, 15) is 13.2 Å². The van der Waals surface area contributed by atoms with Gasteiger partial charge < -0.3 is 10.1 Å². The fraction of sp³-hybridized carbons (Fsp3) is 0.235. The third kappa shape index (κ3) is 5.20.